The summed E-state index contributed by atoms with van der Waals surface area (Å²) in [4.78, 5) is 35.6. The van der Waals surface area contributed by atoms with E-state index in [2.05, 4.69) is 10.6 Å². The van der Waals surface area contributed by atoms with E-state index >= 15 is 0 Å². The molecule has 1 saturated heterocycles. The number of thioether (sulfide) groups is 1. The average Bonchev–Trinajstić information content (AvgIpc) is 3.11. The Balaban J connectivity index is 1.54. The maximum atomic E-state index is 11.5. The molecule has 2 N–H and O–H groups in total. The van der Waals surface area contributed by atoms with Gasteiger partial charge in [-0.3, -0.25) is 14.4 Å². The van der Waals surface area contributed by atoms with Gasteiger partial charge < -0.3 is 15.5 Å². The first-order chi connectivity index (χ1) is 8.66. The lowest BCUT2D eigenvalue weighted by molar-refractivity contribution is -0.132. The highest BCUT2D eigenvalue weighted by Crippen LogP contribution is 2.28. The molecule has 100 valence electrons. The van der Waals surface area contributed by atoms with Crippen molar-refractivity contribution < 1.29 is 14.4 Å². The topological polar surface area (TPSA) is 78.5 Å². The van der Waals surface area contributed by atoms with Crippen LogP contribution >= 0.6 is 11.8 Å². The van der Waals surface area contributed by atoms with E-state index in [0.29, 0.717) is 24.7 Å². The maximum absolute atomic E-state index is 11.5. The van der Waals surface area contributed by atoms with Gasteiger partial charge in [-0.1, -0.05) is 0 Å². The first-order valence-electron chi connectivity index (χ1n) is 6.07. The smallest absolute Gasteiger partial charge is 0.239 e. The molecular weight excluding hydrogens is 254 g/mol. The molecule has 0 spiro atoms. The summed E-state index contributed by atoms with van der Waals surface area (Å²) < 4.78 is 0. The third-order valence-corrected chi connectivity index (χ3v) is 3.80. The fourth-order valence-electron chi connectivity index (χ4n) is 1.65. The molecule has 0 aromatic rings. The minimum Gasteiger partial charge on any atom is -0.354 e. The van der Waals surface area contributed by atoms with Crippen LogP contribution in [0.3, 0.4) is 0 Å². The first kappa shape index (κ1) is 13.2. The van der Waals surface area contributed by atoms with Crippen LogP contribution in [0, 0.1) is 5.92 Å². The highest BCUT2D eigenvalue weighted by atomic mass is 32.2. The summed E-state index contributed by atoms with van der Waals surface area (Å²) in [5.41, 5.74) is 0. The van der Waals surface area contributed by atoms with Gasteiger partial charge in [-0.15, -0.1) is 11.8 Å². The number of hydrogen-bond acceptors (Lipinski definition) is 4. The van der Waals surface area contributed by atoms with Crippen LogP contribution in [0.2, 0.25) is 0 Å². The predicted octanol–water partition coefficient (Wildman–Crippen LogP) is -0.838. The van der Waals surface area contributed by atoms with Gasteiger partial charge in [-0.05, 0) is 12.8 Å². The third kappa shape index (κ3) is 3.90. The zero-order chi connectivity index (χ0) is 13.0. The van der Waals surface area contributed by atoms with Crippen molar-refractivity contribution in [2.45, 2.75) is 12.8 Å². The van der Waals surface area contributed by atoms with Crippen molar-refractivity contribution in [3.05, 3.63) is 0 Å². The molecule has 0 aromatic carbocycles. The largest absolute Gasteiger partial charge is 0.354 e. The second-order valence-corrected chi connectivity index (χ2v) is 5.44. The Morgan fingerprint density at radius 3 is 2.61 bits per heavy atom. The van der Waals surface area contributed by atoms with E-state index in [4.69, 9.17) is 0 Å². The zero-order valence-corrected chi connectivity index (χ0v) is 10.9. The molecule has 1 saturated carbocycles. The van der Waals surface area contributed by atoms with Crippen molar-refractivity contribution in [1.82, 2.24) is 15.5 Å². The van der Waals surface area contributed by atoms with Crippen molar-refractivity contribution >= 4 is 29.5 Å². The molecule has 3 amide bonds. The van der Waals surface area contributed by atoms with Gasteiger partial charge in [0, 0.05) is 19.0 Å². The minimum absolute atomic E-state index is 0.0113. The van der Waals surface area contributed by atoms with E-state index in [1.807, 2.05) is 0 Å². The molecule has 1 heterocycles. The zero-order valence-electron chi connectivity index (χ0n) is 10.1. The first-order valence-corrected chi connectivity index (χ1v) is 7.22. The van der Waals surface area contributed by atoms with Crippen molar-refractivity contribution in [3.63, 3.8) is 0 Å². The number of carbonyl (C=O) groups is 3. The van der Waals surface area contributed by atoms with Gasteiger partial charge in [0.15, 0.2) is 0 Å². The van der Waals surface area contributed by atoms with Crippen molar-refractivity contribution in [2.75, 3.05) is 31.3 Å². The standard InChI is InChI=1S/C11H17N3O3S/c15-9(5-14-7-18-6-10(14)16)12-3-4-13-11(17)8-1-2-8/h8H,1-7H2,(H,12,15)(H,13,17). The highest BCUT2D eigenvalue weighted by Gasteiger charge is 2.29. The average molecular weight is 271 g/mol. The predicted molar refractivity (Wildman–Crippen MR) is 67.8 cm³/mol. The quantitative estimate of drug-likeness (QED) is 0.618. The van der Waals surface area contributed by atoms with Crippen molar-refractivity contribution in [1.29, 1.82) is 0 Å². The number of rotatable bonds is 6. The Labute approximate surface area is 110 Å². The van der Waals surface area contributed by atoms with E-state index in [1.54, 1.807) is 0 Å². The lowest BCUT2D eigenvalue weighted by Crippen LogP contribution is -2.41. The van der Waals surface area contributed by atoms with E-state index in [0.717, 1.165) is 12.8 Å². The fraction of sp³-hybridized carbons (Fsp3) is 0.727. The molecule has 0 bridgehead atoms. The van der Waals surface area contributed by atoms with Crippen LogP contribution in [0.4, 0.5) is 0 Å². The molecule has 2 aliphatic rings. The van der Waals surface area contributed by atoms with Crippen LogP contribution in [0.25, 0.3) is 0 Å². The Kier molecular flexibility index (Phi) is 4.46. The van der Waals surface area contributed by atoms with Crippen LogP contribution in [0.15, 0.2) is 0 Å². The van der Waals surface area contributed by atoms with Gasteiger partial charge in [0.1, 0.15) is 6.54 Å². The van der Waals surface area contributed by atoms with Crippen LogP contribution in [0.1, 0.15) is 12.8 Å². The SMILES string of the molecule is O=C(CN1CSCC1=O)NCCNC(=O)C1CC1. The molecule has 6 nitrogen and oxygen atoms in total. The molecule has 1 aliphatic carbocycles. The molecule has 2 fully saturated rings. The summed E-state index contributed by atoms with van der Waals surface area (Å²) >= 11 is 1.51. The number of nitrogens with zero attached hydrogens (tertiary/aromatic N) is 1. The van der Waals surface area contributed by atoms with Gasteiger partial charge in [-0.2, -0.15) is 0 Å². The van der Waals surface area contributed by atoms with Gasteiger partial charge in [0.25, 0.3) is 0 Å². The minimum atomic E-state index is -0.175. The van der Waals surface area contributed by atoms with E-state index in [1.165, 1.54) is 16.7 Å². The second-order valence-electron chi connectivity index (χ2n) is 4.48. The summed E-state index contributed by atoms with van der Waals surface area (Å²) in [6.07, 6.45) is 1.96. The number of carbonyl (C=O) groups excluding carboxylic acids is 3. The summed E-state index contributed by atoms with van der Waals surface area (Å²) in [6, 6.07) is 0. The van der Waals surface area contributed by atoms with Crippen LogP contribution in [0.5, 0.6) is 0 Å². The summed E-state index contributed by atoms with van der Waals surface area (Å²) in [5.74, 6) is 1.16. The summed E-state index contributed by atoms with van der Waals surface area (Å²) in [5, 5.41) is 5.45. The molecule has 18 heavy (non-hydrogen) atoms. The summed E-state index contributed by atoms with van der Waals surface area (Å²) in [7, 11) is 0. The third-order valence-electron chi connectivity index (χ3n) is 2.85. The van der Waals surface area contributed by atoms with Gasteiger partial charge in [0.2, 0.25) is 17.7 Å². The van der Waals surface area contributed by atoms with Gasteiger partial charge in [0.05, 0.1) is 11.6 Å². The van der Waals surface area contributed by atoms with E-state index in [9.17, 15) is 14.4 Å². The highest BCUT2D eigenvalue weighted by molar-refractivity contribution is 8.00. The lowest BCUT2D eigenvalue weighted by Gasteiger charge is -2.14. The number of nitrogens with one attached hydrogen (secondary N) is 2. The molecular formula is C11H17N3O3S. The molecule has 0 unspecified atom stereocenters. The molecule has 7 heteroatoms. The van der Waals surface area contributed by atoms with Crippen LogP contribution < -0.4 is 10.6 Å². The Morgan fingerprint density at radius 1 is 1.28 bits per heavy atom. The molecule has 1 aliphatic heterocycles. The second kappa shape index (κ2) is 6.08. The van der Waals surface area contributed by atoms with E-state index in [-0.39, 0.29) is 30.2 Å². The Bertz CT molecular complexity index is 357. The van der Waals surface area contributed by atoms with Crippen LogP contribution in [-0.4, -0.2) is 53.9 Å². The van der Waals surface area contributed by atoms with Crippen LogP contribution in [-0.2, 0) is 14.4 Å². The van der Waals surface area contributed by atoms with Crippen molar-refractivity contribution in [3.8, 4) is 0 Å². The lowest BCUT2D eigenvalue weighted by atomic mass is 10.4. The molecule has 0 aromatic heterocycles. The van der Waals surface area contributed by atoms with Gasteiger partial charge in [-0.25, -0.2) is 0 Å². The normalized spacial score (nSPS) is 18.9. The number of hydrogen-bond donors (Lipinski definition) is 2. The fourth-order valence-corrected chi connectivity index (χ4v) is 2.55. The number of amides is 3. The molecule has 2 rings (SSSR count). The Hall–Kier alpha value is -1.24. The molecule has 0 radical (unpaired) electrons. The molecule has 0 atom stereocenters. The maximum Gasteiger partial charge on any atom is 0.239 e. The van der Waals surface area contributed by atoms with E-state index < -0.39 is 0 Å². The Morgan fingerprint density at radius 2 is 2.00 bits per heavy atom. The van der Waals surface area contributed by atoms with Gasteiger partial charge >= 0.3 is 0 Å². The monoisotopic (exact) mass is 271 g/mol. The van der Waals surface area contributed by atoms with Crippen molar-refractivity contribution in [2.24, 2.45) is 5.92 Å². The summed E-state index contributed by atoms with van der Waals surface area (Å²) in [6.45, 7) is 0.971.